The summed E-state index contributed by atoms with van der Waals surface area (Å²) in [6.45, 7) is 15.1. The maximum atomic E-state index is 3.38. The molecule has 0 aromatic rings. The van der Waals surface area contributed by atoms with E-state index >= 15 is 0 Å². The van der Waals surface area contributed by atoms with Crippen LogP contribution in [0.2, 0.25) is 0 Å². The highest BCUT2D eigenvalue weighted by Crippen LogP contribution is 2.21. The van der Waals surface area contributed by atoms with Gasteiger partial charge in [-0.25, -0.2) is 0 Å². The van der Waals surface area contributed by atoms with Gasteiger partial charge in [0.1, 0.15) is 0 Å². The van der Waals surface area contributed by atoms with Gasteiger partial charge in [0.2, 0.25) is 0 Å². The molecule has 0 aromatic carbocycles. The fourth-order valence-corrected chi connectivity index (χ4v) is 2.21. The molecular formula is C16H40N2. The number of unbranched alkanes of at least 4 members (excludes halogenated alkanes) is 1. The summed E-state index contributed by atoms with van der Waals surface area (Å²) in [5, 5.41) is 3.38. The maximum Gasteiger partial charge on any atom is 0 e. The Labute approximate surface area is 118 Å². The molecule has 1 saturated heterocycles. The van der Waals surface area contributed by atoms with E-state index in [1.165, 1.54) is 51.7 Å². The van der Waals surface area contributed by atoms with Crippen molar-refractivity contribution in [3.05, 3.63) is 0 Å². The predicted molar refractivity (Wildman–Crippen MR) is 87.4 cm³/mol. The lowest BCUT2D eigenvalue weighted by atomic mass is 9.92. The first-order valence-electron chi connectivity index (χ1n) is 8.22. The van der Waals surface area contributed by atoms with Crippen LogP contribution in [0.5, 0.6) is 0 Å². The van der Waals surface area contributed by atoms with Crippen molar-refractivity contribution in [2.45, 2.75) is 66.7 Å². The summed E-state index contributed by atoms with van der Waals surface area (Å²) in [4.78, 5) is 2.45. The second-order valence-corrected chi connectivity index (χ2v) is 4.60. The molecular weight excluding hydrogens is 220 g/mol. The van der Waals surface area contributed by atoms with E-state index in [0.29, 0.717) is 0 Å². The minimum absolute atomic E-state index is 0. The van der Waals surface area contributed by atoms with E-state index in [1.54, 1.807) is 0 Å². The SMILES string of the molecule is CC.CC.CCNCCCCC1CCN(C)CC1.[HH]. The highest BCUT2D eigenvalue weighted by atomic mass is 15.1. The van der Waals surface area contributed by atoms with E-state index in [1.807, 2.05) is 27.7 Å². The summed E-state index contributed by atoms with van der Waals surface area (Å²) in [6, 6.07) is 0. The van der Waals surface area contributed by atoms with Crippen molar-refractivity contribution in [1.29, 1.82) is 0 Å². The van der Waals surface area contributed by atoms with Crippen molar-refractivity contribution in [3.63, 3.8) is 0 Å². The smallest absolute Gasteiger partial charge is 0 e. The van der Waals surface area contributed by atoms with Gasteiger partial charge in [-0.3, -0.25) is 0 Å². The third-order valence-electron chi connectivity index (χ3n) is 3.30. The molecule has 2 heteroatoms. The molecule has 114 valence electrons. The standard InChI is InChI=1S/C12H26N2.2C2H6.H2/c1-3-13-9-5-4-6-12-7-10-14(2)11-8-12;2*1-2;/h12-13H,3-11H2,1-2H3;2*1-2H3;1H. The van der Waals surface area contributed by atoms with Crippen LogP contribution in [0.4, 0.5) is 0 Å². The van der Waals surface area contributed by atoms with Crippen molar-refractivity contribution >= 4 is 0 Å². The molecule has 0 saturated carbocycles. The average molecular weight is 261 g/mol. The largest absolute Gasteiger partial charge is 0.317 e. The van der Waals surface area contributed by atoms with Crippen molar-refractivity contribution in [2.24, 2.45) is 5.92 Å². The number of likely N-dealkylation sites (tertiary alicyclic amines) is 1. The highest BCUT2D eigenvalue weighted by Gasteiger charge is 2.15. The van der Waals surface area contributed by atoms with Crippen LogP contribution >= 0.6 is 0 Å². The molecule has 1 rings (SSSR count). The fraction of sp³-hybridized carbons (Fsp3) is 1.00. The van der Waals surface area contributed by atoms with E-state index in [0.717, 1.165) is 12.5 Å². The second-order valence-electron chi connectivity index (χ2n) is 4.60. The lowest BCUT2D eigenvalue weighted by Crippen LogP contribution is -2.30. The molecule has 0 radical (unpaired) electrons. The monoisotopic (exact) mass is 260 g/mol. The molecule has 0 amide bonds. The first kappa shape index (κ1) is 20.2. The number of nitrogens with one attached hydrogen (secondary N) is 1. The van der Waals surface area contributed by atoms with Crippen LogP contribution in [0.15, 0.2) is 0 Å². The highest BCUT2D eigenvalue weighted by molar-refractivity contribution is 4.69. The molecule has 0 aliphatic carbocycles. The number of hydrogen-bond donors (Lipinski definition) is 1. The zero-order valence-electron chi connectivity index (χ0n) is 13.9. The van der Waals surface area contributed by atoms with E-state index < -0.39 is 0 Å². The Morgan fingerprint density at radius 1 is 1.06 bits per heavy atom. The fourth-order valence-electron chi connectivity index (χ4n) is 2.21. The lowest BCUT2D eigenvalue weighted by Gasteiger charge is -2.28. The van der Waals surface area contributed by atoms with Gasteiger partial charge in [-0.15, -0.1) is 0 Å². The molecule has 0 unspecified atom stereocenters. The first-order chi connectivity index (χ1) is 8.83. The molecule has 0 spiro atoms. The number of piperidine rings is 1. The predicted octanol–water partition coefficient (Wildman–Crippen LogP) is 4.41. The van der Waals surface area contributed by atoms with Gasteiger partial charge in [0.05, 0.1) is 0 Å². The summed E-state index contributed by atoms with van der Waals surface area (Å²) in [6.07, 6.45) is 7.09. The Morgan fingerprint density at radius 2 is 1.61 bits per heavy atom. The Kier molecular flexibility index (Phi) is 19.0. The molecule has 1 fully saturated rings. The zero-order valence-corrected chi connectivity index (χ0v) is 13.9. The van der Waals surface area contributed by atoms with Crippen LogP contribution in [0.25, 0.3) is 0 Å². The van der Waals surface area contributed by atoms with E-state index in [2.05, 4.69) is 24.2 Å². The number of nitrogens with zero attached hydrogens (tertiary/aromatic N) is 1. The van der Waals surface area contributed by atoms with Crippen LogP contribution in [0.1, 0.15) is 68.1 Å². The lowest BCUT2D eigenvalue weighted by molar-refractivity contribution is 0.209. The molecule has 1 heterocycles. The summed E-state index contributed by atoms with van der Waals surface area (Å²) in [5.74, 6) is 1.02. The third-order valence-corrected chi connectivity index (χ3v) is 3.30. The van der Waals surface area contributed by atoms with Crippen LogP contribution in [-0.2, 0) is 0 Å². The minimum Gasteiger partial charge on any atom is -0.317 e. The molecule has 1 aliphatic heterocycles. The van der Waals surface area contributed by atoms with E-state index in [4.69, 9.17) is 0 Å². The normalized spacial score (nSPS) is 16.3. The Hall–Kier alpha value is -0.0800. The van der Waals surface area contributed by atoms with Gasteiger partial charge in [0, 0.05) is 1.43 Å². The molecule has 18 heavy (non-hydrogen) atoms. The summed E-state index contributed by atoms with van der Waals surface area (Å²) < 4.78 is 0. The van der Waals surface area contributed by atoms with Gasteiger partial charge in [-0.05, 0) is 58.4 Å². The topological polar surface area (TPSA) is 15.3 Å². The van der Waals surface area contributed by atoms with Crippen molar-refractivity contribution in [2.75, 3.05) is 33.2 Å². The minimum atomic E-state index is 0. The van der Waals surface area contributed by atoms with Gasteiger partial charge in [-0.1, -0.05) is 47.5 Å². The van der Waals surface area contributed by atoms with Gasteiger partial charge in [0.15, 0.2) is 0 Å². The van der Waals surface area contributed by atoms with Gasteiger partial charge >= 0.3 is 0 Å². The van der Waals surface area contributed by atoms with Crippen LogP contribution < -0.4 is 5.32 Å². The van der Waals surface area contributed by atoms with Crippen molar-refractivity contribution < 1.29 is 1.43 Å². The molecule has 1 N–H and O–H groups in total. The summed E-state index contributed by atoms with van der Waals surface area (Å²) >= 11 is 0. The molecule has 1 aliphatic rings. The Bertz CT molecular complexity index is 135. The van der Waals surface area contributed by atoms with Gasteiger partial charge in [0.25, 0.3) is 0 Å². The van der Waals surface area contributed by atoms with E-state index in [-0.39, 0.29) is 1.43 Å². The molecule has 2 nitrogen and oxygen atoms in total. The van der Waals surface area contributed by atoms with Gasteiger partial charge < -0.3 is 10.2 Å². The molecule has 0 aromatic heterocycles. The van der Waals surface area contributed by atoms with Crippen molar-refractivity contribution in [3.8, 4) is 0 Å². The van der Waals surface area contributed by atoms with Crippen LogP contribution in [0, 0.1) is 5.92 Å². The Morgan fingerprint density at radius 3 is 2.11 bits per heavy atom. The van der Waals surface area contributed by atoms with Crippen LogP contribution in [0.3, 0.4) is 0 Å². The van der Waals surface area contributed by atoms with Crippen LogP contribution in [-0.4, -0.2) is 38.1 Å². The molecule has 0 atom stereocenters. The summed E-state index contributed by atoms with van der Waals surface area (Å²) in [5.41, 5.74) is 0. The van der Waals surface area contributed by atoms with Gasteiger partial charge in [-0.2, -0.15) is 0 Å². The van der Waals surface area contributed by atoms with Crippen molar-refractivity contribution in [1.82, 2.24) is 10.2 Å². The third kappa shape index (κ3) is 12.4. The zero-order chi connectivity index (χ0) is 14.2. The molecule has 0 bridgehead atoms. The van der Waals surface area contributed by atoms with E-state index in [9.17, 15) is 0 Å². The maximum absolute atomic E-state index is 3.38. The quantitative estimate of drug-likeness (QED) is 0.712. The average Bonchev–Trinajstić information content (AvgIpc) is 2.45. The second kappa shape index (κ2) is 16.9. The first-order valence-corrected chi connectivity index (χ1v) is 8.22. The number of hydrogen-bond acceptors (Lipinski definition) is 2. The summed E-state index contributed by atoms with van der Waals surface area (Å²) in [7, 11) is 2.24. The Balaban J connectivity index is -0.000000467. The number of rotatable bonds is 6.